The lowest BCUT2D eigenvalue weighted by molar-refractivity contribution is 0.0996. The summed E-state index contributed by atoms with van der Waals surface area (Å²) in [6.07, 6.45) is 1.52. The molecule has 0 bridgehead atoms. The van der Waals surface area contributed by atoms with Gasteiger partial charge in [-0.1, -0.05) is 18.2 Å². The molecule has 0 unspecified atom stereocenters. The number of benzene rings is 2. The van der Waals surface area contributed by atoms with Crippen LogP contribution in [0.5, 0.6) is 5.88 Å². The molecule has 5 aromatic rings. The van der Waals surface area contributed by atoms with E-state index in [1.807, 2.05) is 6.07 Å². The fourth-order valence-corrected chi connectivity index (χ4v) is 3.29. The second kappa shape index (κ2) is 6.93. The lowest BCUT2D eigenvalue weighted by Crippen LogP contribution is -1.98. The summed E-state index contributed by atoms with van der Waals surface area (Å²) in [4.78, 5) is 20.1. The molecule has 0 radical (unpaired) electrons. The summed E-state index contributed by atoms with van der Waals surface area (Å²) in [5.41, 5.74) is 1.82. The van der Waals surface area contributed by atoms with Crippen LogP contribution in [0.3, 0.4) is 0 Å². The SMILES string of the molecule is O=C(N=Nc1c(O)[nH]c2ccc(F)cc12)c1cc(-c2ccco2)nc2ccccc12. The van der Waals surface area contributed by atoms with Crippen LogP contribution in [0.1, 0.15) is 10.4 Å². The minimum atomic E-state index is -0.633. The number of hydrogen-bond donors (Lipinski definition) is 2. The largest absolute Gasteiger partial charge is 0.493 e. The number of nitrogens with zero attached hydrogens (tertiary/aromatic N) is 3. The van der Waals surface area contributed by atoms with E-state index in [1.165, 1.54) is 24.5 Å². The van der Waals surface area contributed by atoms with Crippen molar-refractivity contribution in [3.8, 4) is 17.3 Å². The molecule has 0 fully saturated rings. The molecule has 0 saturated carbocycles. The van der Waals surface area contributed by atoms with Crippen molar-refractivity contribution in [1.82, 2.24) is 9.97 Å². The third-order valence-electron chi connectivity index (χ3n) is 4.68. The number of rotatable bonds is 3. The molecule has 0 atom stereocenters. The summed E-state index contributed by atoms with van der Waals surface area (Å²) in [6, 6.07) is 16.1. The number of nitrogens with one attached hydrogen (secondary N) is 1. The summed E-state index contributed by atoms with van der Waals surface area (Å²) in [5, 5.41) is 18.7. The van der Waals surface area contributed by atoms with Gasteiger partial charge in [0.05, 0.1) is 22.9 Å². The van der Waals surface area contributed by atoms with Crippen molar-refractivity contribution >= 4 is 33.4 Å². The van der Waals surface area contributed by atoms with Gasteiger partial charge >= 0.3 is 0 Å². The van der Waals surface area contributed by atoms with Crippen molar-refractivity contribution in [1.29, 1.82) is 0 Å². The molecule has 0 aliphatic carbocycles. The minimum Gasteiger partial charge on any atom is -0.493 e. The predicted molar refractivity (Wildman–Crippen MR) is 108 cm³/mol. The highest BCUT2D eigenvalue weighted by molar-refractivity contribution is 6.07. The highest BCUT2D eigenvalue weighted by Gasteiger charge is 2.16. The first-order chi connectivity index (χ1) is 14.6. The number of furan rings is 1. The van der Waals surface area contributed by atoms with E-state index in [0.29, 0.717) is 33.3 Å². The van der Waals surface area contributed by atoms with Gasteiger partial charge in [-0.25, -0.2) is 9.37 Å². The number of carbonyl (C=O) groups excluding carboxylic acids is 1. The monoisotopic (exact) mass is 400 g/mol. The zero-order valence-corrected chi connectivity index (χ0v) is 15.3. The quantitative estimate of drug-likeness (QED) is 0.377. The maximum absolute atomic E-state index is 13.6. The van der Waals surface area contributed by atoms with Gasteiger partial charge in [-0.2, -0.15) is 0 Å². The Balaban J connectivity index is 1.60. The summed E-state index contributed by atoms with van der Waals surface area (Å²) in [5.74, 6) is -0.918. The Kier molecular flexibility index (Phi) is 4.10. The predicted octanol–water partition coefficient (Wildman–Crippen LogP) is 5.74. The number of azo groups is 1. The number of halogens is 1. The molecule has 3 aromatic heterocycles. The smallest absolute Gasteiger partial charge is 0.296 e. The topological polar surface area (TPSA) is 104 Å². The number of pyridine rings is 1. The molecule has 1 amide bonds. The molecule has 0 aliphatic heterocycles. The maximum Gasteiger partial charge on any atom is 0.296 e. The Labute approximate surface area is 168 Å². The molecule has 30 heavy (non-hydrogen) atoms. The third kappa shape index (κ3) is 3.00. The first-order valence-electron chi connectivity index (χ1n) is 9.00. The first-order valence-corrected chi connectivity index (χ1v) is 9.00. The van der Waals surface area contributed by atoms with Crippen LogP contribution >= 0.6 is 0 Å². The number of carbonyl (C=O) groups is 1. The average molecular weight is 400 g/mol. The lowest BCUT2D eigenvalue weighted by Gasteiger charge is -2.05. The van der Waals surface area contributed by atoms with Gasteiger partial charge in [-0.15, -0.1) is 10.2 Å². The van der Waals surface area contributed by atoms with Gasteiger partial charge in [-0.05, 0) is 42.5 Å². The van der Waals surface area contributed by atoms with Crippen LogP contribution in [-0.4, -0.2) is 21.0 Å². The summed E-state index contributed by atoms with van der Waals surface area (Å²) >= 11 is 0. The van der Waals surface area contributed by atoms with Crippen molar-refractivity contribution in [3.05, 3.63) is 78.3 Å². The van der Waals surface area contributed by atoms with Gasteiger partial charge in [0, 0.05) is 10.8 Å². The number of H-pyrrole nitrogens is 1. The first kappa shape index (κ1) is 17.7. The van der Waals surface area contributed by atoms with Gasteiger partial charge in [0.15, 0.2) is 11.4 Å². The van der Waals surface area contributed by atoms with Gasteiger partial charge < -0.3 is 14.5 Å². The standard InChI is InChI=1S/C22H13FN4O3/c23-12-7-8-17-15(10-12)20(22(29)25-17)26-27-21(28)14-11-18(19-6-3-9-30-19)24-16-5-2-1-4-13(14)16/h1-11,25,29H. The van der Waals surface area contributed by atoms with Crippen molar-refractivity contribution in [2.75, 3.05) is 0 Å². The average Bonchev–Trinajstić information content (AvgIpc) is 3.39. The Morgan fingerprint density at radius 3 is 2.77 bits per heavy atom. The molecular weight excluding hydrogens is 387 g/mol. The van der Waals surface area contributed by atoms with E-state index in [-0.39, 0.29) is 17.1 Å². The third-order valence-corrected chi connectivity index (χ3v) is 4.68. The number of amides is 1. The molecule has 8 heteroatoms. The number of aromatic amines is 1. The lowest BCUT2D eigenvalue weighted by atomic mass is 10.1. The molecule has 0 aliphatic rings. The summed E-state index contributed by atoms with van der Waals surface area (Å²) < 4.78 is 19.0. The summed E-state index contributed by atoms with van der Waals surface area (Å²) in [6.45, 7) is 0. The number of aromatic hydroxyl groups is 1. The van der Waals surface area contributed by atoms with Gasteiger partial charge in [-0.3, -0.25) is 4.79 Å². The van der Waals surface area contributed by atoms with Crippen molar-refractivity contribution in [2.24, 2.45) is 10.2 Å². The maximum atomic E-state index is 13.6. The molecule has 0 saturated heterocycles. The fraction of sp³-hybridized carbons (Fsp3) is 0. The van der Waals surface area contributed by atoms with Crippen molar-refractivity contribution in [2.45, 2.75) is 0 Å². The van der Waals surface area contributed by atoms with Crippen LogP contribution in [0.25, 0.3) is 33.3 Å². The van der Waals surface area contributed by atoms with E-state index in [9.17, 15) is 14.3 Å². The molecule has 2 N–H and O–H groups in total. The summed E-state index contributed by atoms with van der Waals surface area (Å²) in [7, 11) is 0. The van der Waals surface area contributed by atoms with E-state index >= 15 is 0 Å². The van der Waals surface area contributed by atoms with E-state index in [0.717, 1.165) is 0 Å². The van der Waals surface area contributed by atoms with Crippen LogP contribution in [0.2, 0.25) is 0 Å². The van der Waals surface area contributed by atoms with Crippen LogP contribution in [0, 0.1) is 5.82 Å². The van der Waals surface area contributed by atoms with E-state index in [2.05, 4.69) is 20.2 Å². The van der Waals surface area contributed by atoms with Crippen LogP contribution in [-0.2, 0) is 0 Å². The van der Waals surface area contributed by atoms with Crippen molar-refractivity contribution < 1.29 is 18.7 Å². The number of para-hydroxylation sites is 1. The highest BCUT2D eigenvalue weighted by atomic mass is 19.1. The molecule has 146 valence electrons. The fourth-order valence-electron chi connectivity index (χ4n) is 3.29. The van der Waals surface area contributed by atoms with Crippen LogP contribution in [0.15, 0.2) is 81.6 Å². The van der Waals surface area contributed by atoms with Crippen LogP contribution in [0.4, 0.5) is 10.1 Å². The minimum absolute atomic E-state index is 0.0116. The molecule has 2 aromatic carbocycles. The van der Waals surface area contributed by atoms with Gasteiger partial charge in [0.2, 0.25) is 5.88 Å². The van der Waals surface area contributed by atoms with E-state index in [4.69, 9.17) is 4.42 Å². The number of hydrogen-bond acceptors (Lipinski definition) is 5. The number of fused-ring (bicyclic) bond motifs is 2. The molecule has 0 spiro atoms. The zero-order chi connectivity index (χ0) is 20.7. The Hall–Kier alpha value is -4.33. The van der Waals surface area contributed by atoms with E-state index < -0.39 is 11.7 Å². The molecule has 3 heterocycles. The van der Waals surface area contributed by atoms with Gasteiger partial charge in [0.1, 0.15) is 11.5 Å². The van der Waals surface area contributed by atoms with Gasteiger partial charge in [0.25, 0.3) is 5.91 Å². The second-order valence-corrected chi connectivity index (χ2v) is 6.57. The highest BCUT2D eigenvalue weighted by Crippen LogP contribution is 2.36. The molecule has 5 rings (SSSR count). The van der Waals surface area contributed by atoms with Crippen molar-refractivity contribution in [3.63, 3.8) is 0 Å². The molecule has 7 nitrogen and oxygen atoms in total. The van der Waals surface area contributed by atoms with E-state index in [1.54, 1.807) is 36.4 Å². The number of aromatic nitrogens is 2. The Morgan fingerprint density at radius 1 is 1.07 bits per heavy atom. The second-order valence-electron chi connectivity index (χ2n) is 6.57. The van der Waals surface area contributed by atoms with Crippen LogP contribution < -0.4 is 0 Å². The normalized spacial score (nSPS) is 11.6. The zero-order valence-electron chi connectivity index (χ0n) is 15.3. The molecular formula is C22H13FN4O3. The Bertz CT molecular complexity index is 1440. The Morgan fingerprint density at radius 2 is 1.93 bits per heavy atom.